The van der Waals surface area contributed by atoms with Crippen molar-refractivity contribution in [1.29, 1.82) is 0 Å². The third kappa shape index (κ3) is 6.00. The van der Waals surface area contributed by atoms with Crippen LogP contribution >= 0.6 is 23.2 Å². The molecule has 1 amide bonds. The van der Waals surface area contributed by atoms with Gasteiger partial charge in [0.15, 0.2) is 0 Å². The van der Waals surface area contributed by atoms with Gasteiger partial charge in [-0.2, -0.15) is 0 Å². The van der Waals surface area contributed by atoms with E-state index in [1.54, 1.807) is 0 Å². The van der Waals surface area contributed by atoms with E-state index in [0.29, 0.717) is 6.42 Å². The van der Waals surface area contributed by atoms with Crippen LogP contribution in [0, 0.1) is 5.92 Å². The zero-order chi connectivity index (χ0) is 19.1. The highest BCUT2D eigenvalue weighted by molar-refractivity contribution is 6.34. The Morgan fingerprint density at radius 3 is 2.46 bits per heavy atom. The molecule has 2 rings (SSSR count). The number of amides is 1. The molecule has 138 valence electrons. The van der Waals surface area contributed by atoms with E-state index in [-0.39, 0.29) is 28.4 Å². The molecule has 1 aromatic heterocycles. The summed E-state index contributed by atoms with van der Waals surface area (Å²) in [4.78, 5) is 28.8. The summed E-state index contributed by atoms with van der Waals surface area (Å²) in [6, 6.07) is 11.5. The van der Waals surface area contributed by atoms with E-state index in [2.05, 4.69) is 10.3 Å². The number of carbonyl (C=O) groups excluding carboxylic acids is 2. The Balaban J connectivity index is 2.07. The van der Waals surface area contributed by atoms with Crippen molar-refractivity contribution in [2.45, 2.75) is 32.9 Å². The van der Waals surface area contributed by atoms with Gasteiger partial charge >= 0.3 is 5.97 Å². The summed E-state index contributed by atoms with van der Waals surface area (Å²) in [7, 11) is 0. The van der Waals surface area contributed by atoms with Crippen molar-refractivity contribution in [3.8, 4) is 0 Å². The van der Waals surface area contributed by atoms with Crippen molar-refractivity contribution in [1.82, 2.24) is 10.3 Å². The van der Waals surface area contributed by atoms with E-state index in [0.717, 1.165) is 5.56 Å². The quantitative estimate of drug-likeness (QED) is 0.562. The Hall–Kier alpha value is -2.11. The van der Waals surface area contributed by atoms with Gasteiger partial charge in [-0.1, -0.05) is 67.4 Å². The summed E-state index contributed by atoms with van der Waals surface area (Å²) < 4.78 is 5.35. The fourth-order valence-corrected chi connectivity index (χ4v) is 2.66. The summed E-state index contributed by atoms with van der Waals surface area (Å²) in [6.07, 6.45) is 0.428. The molecule has 1 atom stereocenters. The van der Waals surface area contributed by atoms with Gasteiger partial charge in [0, 0.05) is 0 Å². The highest BCUT2D eigenvalue weighted by atomic mass is 35.5. The molecular formula is C19H20Cl2N2O3. The lowest BCUT2D eigenvalue weighted by molar-refractivity contribution is -0.147. The third-order valence-electron chi connectivity index (χ3n) is 3.55. The molecule has 1 heterocycles. The number of carbonyl (C=O) groups is 2. The molecule has 0 saturated heterocycles. The minimum Gasteiger partial charge on any atom is -0.459 e. The van der Waals surface area contributed by atoms with E-state index >= 15 is 0 Å². The molecule has 0 spiro atoms. The van der Waals surface area contributed by atoms with E-state index in [1.165, 1.54) is 12.1 Å². The molecular weight excluding hydrogens is 375 g/mol. The monoisotopic (exact) mass is 394 g/mol. The molecule has 1 aromatic carbocycles. The lowest BCUT2D eigenvalue weighted by atomic mass is 10.0. The standard InChI is InChI=1S/C19H20Cl2N2O3/c1-12(2)10-15(19(25)26-11-13-6-4-3-5-7-13)22-18(24)17-14(20)8-9-16(21)23-17/h3-9,12,15H,10-11H2,1-2H3,(H,22,24)/t15-/m0/s1. The summed E-state index contributed by atoms with van der Waals surface area (Å²) in [5.41, 5.74) is 0.846. The van der Waals surface area contributed by atoms with Crippen molar-refractivity contribution < 1.29 is 14.3 Å². The van der Waals surface area contributed by atoms with Gasteiger partial charge in [0.1, 0.15) is 23.5 Å². The zero-order valence-corrected chi connectivity index (χ0v) is 16.1. The minimum atomic E-state index is -0.803. The van der Waals surface area contributed by atoms with Crippen LogP contribution in [-0.2, 0) is 16.1 Å². The highest BCUT2D eigenvalue weighted by Crippen LogP contribution is 2.17. The van der Waals surface area contributed by atoms with Crippen LogP contribution in [0.3, 0.4) is 0 Å². The second-order valence-corrected chi connectivity index (χ2v) is 7.01. The van der Waals surface area contributed by atoms with Gasteiger partial charge in [0.25, 0.3) is 5.91 Å². The fraction of sp³-hybridized carbons (Fsp3) is 0.316. The normalized spacial score (nSPS) is 11.9. The Morgan fingerprint density at radius 1 is 1.12 bits per heavy atom. The highest BCUT2D eigenvalue weighted by Gasteiger charge is 2.25. The van der Waals surface area contributed by atoms with Crippen LogP contribution in [0.2, 0.25) is 10.2 Å². The average molecular weight is 395 g/mol. The van der Waals surface area contributed by atoms with Crippen molar-refractivity contribution in [2.24, 2.45) is 5.92 Å². The number of rotatable bonds is 7. The van der Waals surface area contributed by atoms with Gasteiger partial charge in [0.2, 0.25) is 0 Å². The number of nitrogens with one attached hydrogen (secondary N) is 1. The molecule has 0 radical (unpaired) electrons. The number of esters is 1. The van der Waals surface area contributed by atoms with E-state index in [4.69, 9.17) is 27.9 Å². The number of pyridine rings is 1. The van der Waals surface area contributed by atoms with Crippen LogP contribution in [0.4, 0.5) is 0 Å². The number of aromatic nitrogens is 1. The number of benzene rings is 1. The maximum absolute atomic E-state index is 12.5. The van der Waals surface area contributed by atoms with Crippen LogP contribution in [0.25, 0.3) is 0 Å². The van der Waals surface area contributed by atoms with Gasteiger partial charge in [0.05, 0.1) is 5.02 Å². The molecule has 0 aliphatic rings. The average Bonchev–Trinajstić information content (AvgIpc) is 2.61. The first-order valence-electron chi connectivity index (χ1n) is 8.20. The predicted molar refractivity (Wildman–Crippen MR) is 101 cm³/mol. The van der Waals surface area contributed by atoms with Crippen LogP contribution < -0.4 is 5.32 Å². The molecule has 0 saturated carbocycles. The van der Waals surface area contributed by atoms with Crippen LogP contribution in [0.5, 0.6) is 0 Å². The number of halogens is 2. The first-order valence-corrected chi connectivity index (χ1v) is 8.96. The van der Waals surface area contributed by atoms with Crippen molar-refractivity contribution in [2.75, 3.05) is 0 Å². The second-order valence-electron chi connectivity index (χ2n) is 6.21. The molecule has 0 fully saturated rings. The summed E-state index contributed by atoms with van der Waals surface area (Å²) in [6.45, 7) is 4.04. The van der Waals surface area contributed by atoms with Gasteiger partial charge in [-0.05, 0) is 30.0 Å². The third-order valence-corrected chi connectivity index (χ3v) is 4.06. The summed E-state index contributed by atoms with van der Waals surface area (Å²) >= 11 is 11.8. The van der Waals surface area contributed by atoms with Crippen LogP contribution in [-0.4, -0.2) is 22.9 Å². The first-order chi connectivity index (χ1) is 12.4. The molecule has 26 heavy (non-hydrogen) atoms. The molecule has 5 nitrogen and oxygen atoms in total. The Kier molecular flexibility index (Phi) is 7.42. The number of hydrogen-bond acceptors (Lipinski definition) is 4. The molecule has 7 heteroatoms. The SMILES string of the molecule is CC(C)C[C@H](NC(=O)c1nc(Cl)ccc1Cl)C(=O)OCc1ccccc1. The van der Waals surface area contributed by atoms with Gasteiger partial charge < -0.3 is 10.1 Å². The Bertz CT molecular complexity index is 767. The molecule has 0 unspecified atom stereocenters. The Morgan fingerprint density at radius 2 is 1.81 bits per heavy atom. The lowest BCUT2D eigenvalue weighted by Gasteiger charge is -2.19. The van der Waals surface area contributed by atoms with Crippen molar-refractivity contribution in [3.05, 3.63) is 63.9 Å². The maximum Gasteiger partial charge on any atom is 0.328 e. The Labute approximate surface area is 162 Å². The molecule has 0 aliphatic carbocycles. The van der Waals surface area contributed by atoms with E-state index < -0.39 is 17.9 Å². The summed E-state index contributed by atoms with van der Waals surface area (Å²) in [5.74, 6) is -0.902. The smallest absolute Gasteiger partial charge is 0.328 e. The van der Waals surface area contributed by atoms with Gasteiger partial charge in [-0.25, -0.2) is 9.78 Å². The second kappa shape index (κ2) is 9.55. The van der Waals surface area contributed by atoms with E-state index in [1.807, 2.05) is 44.2 Å². The molecule has 2 aromatic rings. The molecule has 0 bridgehead atoms. The summed E-state index contributed by atoms with van der Waals surface area (Å²) in [5, 5.41) is 2.95. The van der Waals surface area contributed by atoms with Crippen molar-refractivity contribution >= 4 is 35.1 Å². The van der Waals surface area contributed by atoms with E-state index in [9.17, 15) is 9.59 Å². The van der Waals surface area contributed by atoms with Gasteiger partial charge in [-0.15, -0.1) is 0 Å². The predicted octanol–water partition coefficient (Wildman–Crippen LogP) is 4.28. The largest absolute Gasteiger partial charge is 0.459 e. The van der Waals surface area contributed by atoms with Crippen LogP contribution in [0.15, 0.2) is 42.5 Å². The maximum atomic E-state index is 12.5. The van der Waals surface area contributed by atoms with Crippen LogP contribution in [0.1, 0.15) is 36.3 Å². The molecule has 0 aliphatic heterocycles. The number of ether oxygens (including phenoxy) is 1. The van der Waals surface area contributed by atoms with Crippen molar-refractivity contribution in [3.63, 3.8) is 0 Å². The lowest BCUT2D eigenvalue weighted by Crippen LogP contribution is -2.43. The first kappa shape index (κ1) is 20.2. The number of nitrogens with zero attached hydrogens (tertiary/aromatic N) is 1. The minimum absolute atomic E-state index is 0.0243. The zero-order valence-electron chi connectivity index (χ0n) is 14.5. The fourth-order valence-electron chi connectivity index (χ4n) is 2.32. The molecule has 1 N–H and O–H groups in total. The number of hydrogen-bond donors (Lipinski definition) is 1. The topological polar surface area (TPSA) is 68.3 Å². The van der Waals surface area contributed by atoms with Gasteiger partial charge in [-0.3, -0.25) is 4.79 Å².